The number of aldehydes is 1. The first-order valence-electron chi connectivity index (χ1n) is 5.44. The SMILES string of the molecule is CC1C=CN(Cc2ccccc2)C=C1C=O. The standard InChI is InChI=1S/C14H15NO/c1-12-7-8-15(10-14(12)11-16)9-13-5-3-2-4-6-13/h2-8,10-12H,9H2,1H3. The Balaban J connectivity index is 2.10. The molecule has 16 heavy (non-hydrogen) atoms. The molecule has 0 bridgehead atoms. The number of hydrogen-bond donors (Lipinski definition) is 0. The Kier molecular flexibility index (Phi) is 3.20. The third kappa shape index (κ3) is 2.40. The van der Waals surface area contributed by atoms with Gasteiger partial charge in [0.2, 0.25) is 0 Å². The largest absolute Gasteiger partial charge is 0.350 e. The summed E-state index contributed by atoms with van der Waals surface area (Å²) in [4.78, 5) is 12.9. The second-order valence-corrected chi connectivity index (χ2v) is 4.04. The zero-order valence-electron chi connectivity index (χ0n) is 9.34. The van der Waals surface area contributed by atoms with Crippen molar-refractivity contribution in [1.29, 1.82) is 0 Å². The predicted octanol–water partition coefficient (Wildman–Crippen LogP) is 2.73. The van der Waals surface area contributed by atoms with Crippen LogP contribution in [0.2, 0.25) is 0 Å². The minimum Gasteiger partial charge on any atom is -0.350 e. The van der Waals surface area contributed by atoms with Crippen molar-refractivity contribution in [3.63, 3.8) is 0 Å². The van der Waals surface area contributed by atoms with E-state index in [9.17, 15) is 4.79 Å². The topological polar surface area (TPSA) is 20.3 Å². The van der Waals surface area contributed by atoms with Gasteiger partial charge in [0.05, 0.1) is 0 Å². The van der Waals surface area contributed by atoms with E-state index in [1.165, 1.54) is 5.56 Å². The Bertz CT molecular complexity index is 420. The maximum absolute atomic E-state index is 10.8. The lowest BCUT2D eigenvalue weighted by atomic mass is 10.0. The highest BCUT2D eigenvalue weighted by molar-refractivity contribution is 5.74. The van der Waals surface area contributed by atoms with Crippen LogP contribution in [-0.4, -0.2) is 11.2 Å². The van der Waals surface area contributed by atoms with Crippen LogP contribution in [0.25, 0.3) is 0 Å². The third-order valence-electron chi connectivity index (χ3n) is 2.75. The fraction of sp³-hybridized carbons (Fsp3) is 0.214. The number of nitrogens with zero attached hydrogens (tertiary/aromatic N) is 1. The first-order valence-corrected chi connectivity index (χ1v) is 5.44. The zero-order valence-corrected chi connectivity index (χ0v) is 9.34. The normalized spacial score (nSPS) is 19.4. The highest BCUT2D eigenvalue weighted by atomic mass is 16.1. The summed E-state index contributed by atoms with van der Waals surface area (Å²) in [6, 6.07) is 10.2. The lowest BCUT2D eigenvalue weighted by Gasteiger charge is -2.22. The summed E-state index contributed by atoms with van der Waals surface area (Å²) in [5.74, 6) is 0.226. The van der Waals surface area contributed by atoms with Gasteiger partial charge >= 0.3 is 0 Å². The summed E-state index contributed by atoms with van der Waals surface area (Å²) in [6.07, 6.45) is 6.94. The molecule has 1 aromatic rings. The monoisotopic (exact) mass is 213 g/mol. The number of hydrogen-bond acceptors (Lipinski definition) is 2. The van der Waals surface area contributed by atoms with Crippen molar-refractivity contribution in [2.75, 3.05) is 0 Å². The Morgan fingerprint density at radius 3 is 2.75 bits per heavy atom. The van der Waals surface area contributed by atoms with E-state index in [-0.39, 0.29) is 5.92 Å². The van der Waals surface area contributed by atoms with Gasteiger partial charge in [0, 0.05) is 30.4 Å². The van der Waals surface area contributed by atoms with Crippen LogP contribution in [0.3, 0.4) is 0 Å². The molecule has 0 aromatic heterocycles. The number of rotatable bonds is 3. The van der Waals surface area contributed by atoms with Crippen molar-refractivity contribution in [3.05, 3.63) is 59.9 Å². The molecule has 0 amide bonds. The van der Waals surface area contributed by atoms with Gasteiger partial charge in [0.15, 0.2) is 0 Å². The average Bonchev–Trinajstić information content (AvgIpc) is 2.33. The van der Waals surface area contributed by atoms with Gasteiger partial charge in [-0.15, -0.1) is 0 Å². The molecule has 1 unspecified atom stereocenters. The maximum Gasteiger partial charge on any atom is 0.148 e. The summed E-state index contributed by atoms with van der Waals surface area (Å²) in [7, 11) is 0. The van der Waals surface area contributed by atoms with Crippen molar-refractivity contribution in [2.24, 2.45) is 5.92 Å². The van der Waals surface area contributed by atoms with Gasteiger partial charge in [-0.25, -0.2) is 0 Å². The molecule has 82 valence electrons. The molecule has 2 heteroatoms. The molecule has 0 fully saturated rings. The molecule has 0 saturated carbocycles. The minimum atomic E-state index is 0.226. The average molecular weight is 213 g/mol. The van der Waals surface area contributed by atoms with Crippen LogP contribution in [0.15, 0.2) is 54.4 Å². The second kappa shape index (κ2) is 4.79. The lowest BCUT2D eigenvalue weighted by molar-refractivity contribution is -0.105. The molecular weight excluding hydrogens is 198 g/mol. The first kappa shape index (κ1) is 10.7. The maximum atomic E-state index is 10.8. The van der Waals surface area contributed by atoms with E-state index >= 15 is 0 Å². The van der Waals surface area contributed by atoms with Gasteiger partial charge < -0.3 is 4.90 Å². The van der Waals surface area contributed by atoms with Crippen molar-refractivity contribution in [2.45, 2.75) is 13.5 Å². The molecule has 1 atom stereocenters. The molecule has 0 saturated heterocycles. The van der Waals surface area contributed by atoms with Crippen LogP contribution in [0.1, 0.15) is 12.5 Å². The van der Waals surface area contributed by atoms with E-state index in [4.69, 9.17) is 0 Å². The molecule has 0 radical (unpaired) electrons. The van der Waals surface area contributed by atoms with Crippen molar-refractivity contribution < 1.29 is 4.79 Å². The molecular formula is C14H15NO. The number of carbonyl (C=O) groups is 1. The van der Waals surface area contributed by atoms with E-state index in [0.717, 1.165) is 18.4 Å². The Labute approximate surface area is 95.9 Å². The van der Waals surface area contributed by atoms with Crippen LogP contribution >= 0.6 is 0 Å². The van der Waals surface area contributed by atoms with Crippen molar-refractivity contribution >= 4 is 6.29 Å². The van der Waals surface area contributed by atoms with E-state index < -0.39 is 0 Å². The Morgan fingerprint density at radius 2 is 2.06 bits per heavy atom. The van der Waals surface area contributed by atoms with Crippen LogP contribution in [0, 0.1) is 5.92 Å². The fourth-order valence-electron chi connectivity index (χ4n) is 1.73. The van der Waals surface area contributed by atoms with Gasteiger partial charge in [0.1, 0.15) is 6.29 Å². The second-order valence-electron chi connectivity index (χ2n) is 4.04. The Hall–Kier alpha value is -1.83. The summed E-state index contributed by atoms with van der Waals surface area (Å²) >= 11 is 0. The molecule has 1 heterocycles. The van der Waals surface area contributed by atoms with Gasteiger partial charge in [-0.3, -0.25) is 4.79 Å². The molecule has 0 spiro atoms. The molecule has 0 N–H and O–H groups in total. The molecule has 1 aromatic carbocycles. The number of allylic oxidation sites excluding steroid dienone is 2. The Morgan fingerprint density at radius 1 is 1.31 bits per heavy atom. The van der Waals surface area contributed by atoms with Gasteiger partial charge in [-0.05, 0) is 5.56 Å². The number of benzene rings is 1. The lowest BCUT2D eigenvalue weighted by Crippen LogP contribution is -2.16. The fourth-order valence-corrected chi connectivity index (χ4v) is 1.73. The molecule has 2 rings (SSSR count). The summed E-state index contributed by atoms with van der Waals surface area (Å²) in [6.45, 7) is 2.83. The third-order valence-corrected chi connectivity index (χ3v) is 2.75. The highest BCUT2D eigenvalue weighted by Crippen LogP contribution is 2.18. The van der Waals surface area contributed by atoms with Crippen LogP contribution in [-0.2, 0) is 11.3 Å². The zero-order chi connectivity index (χ0) is 11.4. The molecule has 1 aliphatic heterocycles. The smallest absolute Gasteiger partial charge is 0.148 e. The van der Waals surface area contributed by atoms with E-state index in [2.05, 4.69) is 12.1 Å². The van der Waals surface area contributed by atoms with E-state index in [1.54, 1.807) is 0 Å². The quantitative estimate of drug-likeness (QED) is 0.719. The van der Waals surface area contributed by atoms with Crippen molar-refractivity contribution in [1.82, 2.24) is 4.90 Å². The molecule has 0 aliphatic carbocycles. The number of carbonyl (C=O) groups excluding carboxylic acids is 1. The van der Waals surface area contributed by atoms with E-state index in [1.807, 2.05) is 48.5 Å². The summed E-state index contributed by atoms with van der Waals surface area (Å²) in [5.41, 5.74) is 2.07. The van der Waals surface area contributed by atoms with Crippen LogP contribution < -0.4 is 0 Å². The summed E-state index contributed by atoms with van der Waals surface area (Å²) < 4.78 is 0. The first-order chi connectivity index (χ1) is 7.79. The van der Waals surface area contributed by atoms with Gasteiger partial charge in [-0.1, -0.05) is 43.3 Å². The van der Waals surface area contributed by atoms with Crippen LogP contribution in [0.4, 0.5) is 0 Å². The highest BCUT2D eigenvalue weighted by Gasteiger charge is 2.11. The molecule has 2 nitrogen and oxygen atoms in total. The van der Waals surface area contributed by atoms with Crippen LogP contribution in [0.5, 0.6) is 0 Å². The van der Waals surface area contributed by atoms with Gasteiger partial charge in [-0.2, -0.15) is 0 Å². The minimum absolute atomic E-state index is 0.226. The van der Waals surface area contributed by atoms with Crippen molar-refractivity contribution in [3.8, 4) is 0 Å². The molecule has 1 aliphatic rings. The summed E-state index contributed by atoms with van der Waals surface area (Å²) in [5, 5.41) is 0. The van der Waals surface area contributed by atoms with E-state index in [0.29, 0.717) is 0 Å². The van der Waals surface area contributed by atoms with Gasteiger partial charge in [0.25, 0.3) is 0 Å². The predicted molar refractivity (Wildman–Crippen MR) is 64.4 cm³/mol.